The molecule has 2 amide bonds. The number of thioether (sulfide) groups is 1. The van der Waals surface area contributed by atoms with Crippen molar-refractivity contribution in [3.05, 3.63) is 35.4 Å². The predicted molar refractivity (Wildman–Crippen MR) is 93.2 cm³/mol. The lowest BCUT2D eigenvalue weighted by molar-refractivity contribution is -0.856. The van der Waals surface area contributed by atoms with Gasteiger partial charge in [0.15, 0.2) is 0 Å². The van der Waals surface area contributed by atoms with Crippen molar-refractivity contribution in [2.24, 2.45) is 0 Å². The molecule has 0 aromatic heterocycles. The number of hydrogen-bond acceptors (Lipinski definition) is 3. The molecule has 0 radical (unpaired) electrons. The monoisotopic (exact) mass is 372 g/mol. The lowest BCUT2D eigenvalue weighted by Gasteiger charge is -2.24. The maximum Gasteiger partial charge on any atom is 0.236 e. The van der Waals surface area contributed by atoms with E-state index in [9.17, 15) is 18.4 Å². The van der Waals surface area contributed by atoms with Crippen LogP contribution in [-0.4, -0.2) is 55.7 Å². The van der Waals surface area contributed by atoms with Gasteiger partial charge in [-0.3, -0.25) is 9.59 Å². The number of carbonyl (C=O) groups is 2. The third-order valence-electron chi connectivity index (χ3n) is 4.00. The van der Waals surface area contributed by atoms with Gasteiger partial charge >= 0.3 is 0 Å². The smallest absolute Gasteiger partial charge is 0.236 e. The number of nitrogens with zero attached hydrogens (tertiary/aromatic N) is 1. The van der Waals surface area contributed by atoms with Crippen LogP contribution < -0.4 is 10.2 Å². The lowest BCUT2D eigenvalue weighted by Crippen LogP contribution is -3.06. The van der Waals surface area contributed by atoms with Crippen molar-refractivity contribution in [2.45, 2.75) is 24.0 Å². The van der Waals surface area contributed by atoms with Gasteiger partial charge in [0, 0.05) is 24.6 Å². The average molecular weight is 372 g/mol. The molecule has 0 spiro atoms. The molecular weight excluding hydrogens is 348 g/mol. The summed E-state index contributed by atoms with van der Waals surface area (Å²) in [5.41, 5.74) is 0.265. The highest BCUT2D eigenvalue weighted by molar-refractivity contribution is 8.01. The van der Waals surface area contributed by atoms with Crippen molar-refractivity contribution in [3.8, 4) is 0 Å². The Morgan fingerprint density at radius 1 is 1.36 bits per heavy atom. The van der Waals surface area contributed by atoms with Gasteiger partial charge in [-0.05, 0) is 13.0 Å². The number of nitrogens with one attached hydrogen (secondary N) is 2. The Kier molecular flexibility index (Phi) is 6.78. The van der Waals surface area contributed by atoms with Crippen LogP contribution >= 0.6 is 11.8 Å². The molecule has 138 valence electrons. The van der Waals surface area contributed by atoms with E-state index in [0.29, 0.717) is 6.54 Å². The summed E-state index contributed by atoms with van der Waals surface area (Å²) in [6.45, 7) is 3.33. The van der Waals surface area contributed by atoms with Crippen LogP contribution in [0.2, 0.25) is 0 Å². The molecule has 5 nitrogen and oxygen atoms in total. The fourth-order valence-corrected chi connectivity index (χ4v) is 3.94. The van der Waals surface area contributed by atoms with Gasteiger partial charge in [0.05, 0.1) is 32.4 Å². The molecule has 1 aromatic rings. The molecule has 0 unspecified atom stereocenters. The van der Waals surface area contributed by atoms with E-state index < -0.39 is 17.0 Å². The summed E-state index contributed by atoms with van der Waals surface area (Å²) < 4.78 is 27.2. The molecule has 1 aliphatic rings. The largest absolute Gasteiger partial charge is 0.350 e. The van der Waals surface area contributed by atoms with Gasteiger partial charge < -0.3 is 15.1 Å². The number of quaternary nitrogens is 1. The average Bonchev–Trinajstić information content (AvgIpc) is 2.80. The molecule has 2 atom stereocenters. The molecule has 0 saturated carbocycles. The topological polar surface area (TPSA) is 53.9 Å². The quantitative estimate of drug-likeness (QED) is 0.736. The van der Waals surface area contributed by atoms with Gasteiger partial charge in [0.25, 0.3) is 0 Å². The lowest BCUT2D eigenvalue weighted by atomic mass is 10.1. The van der Waals surface area contributed by atoms with Crippen molar-refractivity contribution in [1.29, 1.82) is 0 Å². The van der Waals surface area contributed by atoms with Gasteiger partial charge in [-0.2, -0.15) is 0 Å². The van der Waals surface area contributed by atoms with E-state index in [2.05, 4.69) is 5.32 Å². The van der Waals surface area contributed by atoms with Gasteiger partial charge in [-0.25, -0.2) is 8.78 Å². The summed E-state index contributed by atoms with van der Waals surface area (Å²) >= 11 is 1.31. The summed E-state index contributed by atoms with van der Waals surface area (Å²) in [5, 5.41) is 1.95. The normalized spacial score (nSPS) is 20.4. The molecule has 0 bridgehead atoms. The Bertz CT molecular complexity index is 642. The Balaban J connectivity index is 2.01. The summed E-state index contributed by atoms with van der Waals surface area (Å²) in [6.07, 6.45) is 0.154. The van der Waals surface area contributed by atoms with Crippen LogP contribution in [0, 0.1) is 11.6 Å². The summed E-state index contributed by atoms with van der Waals surface area (Å²) in [6, 6.07) is 3.36. The highest BCUT2D eigenvalue weighted by Gasteiger charge is 2.39. The first-order valence-electron chi connectivity index (χ1n) is 8.26. The predicted octanol–water partition coefficient (Wildman–Crippen LogP) is 0.578. The minimum absolute atomic E-state index is 0.135. The van der Waals surface area contributed by atoms with Crippen molar-refractivity contribution >= 4 is 23.6 Å². The molecular formula is C17H24F2N3O2S+. The zero-order valence-electron chi connectivity index (χ0n) is 14.6. The maximum absolute atomic E-state index is 14.1. The number of halogens is 2. The van der Waals surface area contributed by atoms with E-state index >= 15 is 0 Å². The molecule has 1 saturated heterocycles. The number of likely N-dealkylation sites (N-methyl/N-ethyl adjacent to an activating group) is 1. The first-order valence-corrected chi connectivity index (χ1v) is 9.20. The van der Waals surface area contributed by atoms with E-state index in [1.165, 1.54) is 33.7 Å². The second kappa shape index (κ2) is 8.62. The summed E-state index contributed by atoms with van der Waals surface area (Å²) in [5.74, 6) is -1.61. The second-order valence-corrected chi connectivity index (χ2v) is 7.81. The van der Waals surface area contributed by atoms with Crippen molar-refractivity contribution in [1.82, 2.24) is 10.2 Å². The molecule has 0 aliphatic carbocycles. The van der Waals surface area contributed by atoms with E-state index in [0.717, 1.165) is 12.6 Å². The molecule has 1 aliphatic heterocycles. The maximum atomic E-state index is 14.1. The van der Waals surface area contributed by atoms with Crippen LogP contribution in [0.25, 0.3) is 0 Å². The van der Waals surface area contributed by atoms with Crippen LogP contribution in [0.4, 0.5) is 8.78 Å². The molecule has 25 heavy (non-hydrogen) atoms. The van der Waals surface area contributed by atoms with E-state index in [-0.39, 0.29) is 35.6 Å². The minimum atomic E-state index is -0.678. The van der Waals surface area contributed by atoms with Crippen LogP contribution in [0.15, 0.2) is 18.2 Å². The number of amides is 2. The standard InChI is InChI=1S/C17H23F2N3O2S/c1-11-16(24)22(8-6-15(23)20-7-9-21(2)3)17(25-11)13-5-4-12(18)10-14(13)19/h4-5,10-11,17H,6-9H2,1-3H3,(H,20,23)/p+1/t11-,17+/m1/s1. The van der Waals surface area contributed by atoms with E-state index in [1.54, 1.807) is 6.92 Å². The Hall–Kier alpha value is -1.67. The van der Waals surface area contributed by atoms with Gasteiger partial charge in [0.1, 0.15) is 17.0 Å². The first kappa shape index (κ1) is 19.7. The van der Waals surface area contributed by atoms with Crippen molar-refractivity contribution in [3.63, 3.8) is 0 Å². The first-order chi connectivity index (χ1) is 11.8. The Morgan fingerprint density at radius 3 is 2.72 bits per heavy atom. The fourth-order valence-electron chi connectivity index (χ4n) is 2.61. The number of benzene rings is 1. The van der Waals surface area contributed by atoms with E-state index in [1.807, 2.05) is 14.1 Å². The van der Waals surface area contributed by atoms with Gasteiger partial charge in [-0.15, -0.1) is 11.8 Å². The minimum Gasteiger partial charge on any atom is -0.350 e. The SMILES string of the molecule is C[C@H]1S[C@@H](c2ccc(F)cc2F)N(CCC(=O)NCC[NH+](C)C)C1=O. The third kappa shape index (κ3) is 5.15. The number of rotatable bonds is 7. The zero-order valence-corrected chi connectivity index (χ0v) is 15.5. The molecule has 2 N–H and O–H groups in total. The van der Waals surface area contributed by atoms with Crippen LogP contribution in [0.1, 0.15) is 24.3 Å². The molecule has 1 aromatic carbocycles. The fraction of sp³-hybridized carbons (Fsp3) is 0.529. The Labute approximate surface area is 150 Å². The number of hydrogen-bond donors (Lipinski definition) is 2. The highest BCUT2D eigenvalue weighted by atomic mass is 32.2. The Morgan fingerprint density at radius 2 is 2.08 bits per heavy atom. The van der Waals surface area contributed by atoms with Crippen LogP contribution in [0.5, 0.6) is 0 Å². The van der Waals surface area contributed by atoms with Crippen LogP contribution in [-0.2, 0) is 9.59 Å². The highest BCUT2D eigenvalue weighted by Crippen LogP contribution is 2.43. The molecule has 2 rings (SSSR count). The van der Waals surface area contributed by atoms with Crippen molar-refractivity contribution < 1.29 is 23.3 Å². The molecule has 8 heteroatoms. The summed E-state index contributed by atoms with van der Waals surface area (Å²) in [7, 11) is 3.99. The molecule has 1 heterocycles. The third-order valence-corrected chi connectivity index (χ3v) is 5.38. The second-order valence-electron chi connectivity index (χ2n) is 6.39. The molecule has 1 fully saturated rings. The zero-order chi connectivity index (χ0) is 18.6. The van der Waals surface area contributed by atoms with Crippen LogP contribution in [0.3, 0.4) is 0 Å². The number of carbonyl (C=O) groups excluding carboxylic acids is 2. The van der Waals surface area contributed by atoms with Gasteiger partial charge in [-0.1, -0.05) is 6.07 Å². The van der Waals surface area contributed by atoms with Gasteiger partial charge in [0.2, 0.25) is 11.8 Å². The van der Waals surface area contributed by atoms with Crippen molar-refractivity contribution in [2.75, 3.05) is 33.7 Å². The van der Waals surface area contributed by atoms with E-state index in [4.69, 9.17) is 0 Å². The summed E-state index contributed by atoms with van der Waals surface area (Å²) in [4.78, 5) is 27.0.